The lowest BCUT2D eigenvalue weighted by Gasteiger charge is -2.17. The molecule has 0 fully saturated rings. The molecule has 0 N–H and O–H groups in total. The second-order valence-corrected chi connectivity index (χ2v) is 4.18. The Labute approximate surface area is 105 Å². The summed E-state index contributed by atoms with van der Waals surface area (Å²) in [5.41, 5.74) is 2.05. The maximum Gasteiger partial charge on any atom is 0.407 e. The van der Waals surface area contributed by atoms with Crippen molar-refractivity contribution in [2.24, 2.45) is 0 Å². The van der Waals surface area contributed by atoms with E-state index in [1.54, 1.807) is 9.20 Å². The molecule has 0 aliphatic carbocycles. The van der Waals surface area contributed by atoms with Crippen molar-refractivity contribution in [1.82, 2.24) is 19.9 Å². The zero-order valence-corrected chi connectivity index (χ0v) is 10.8. The summed E-state index contributed by atoms with van der Waals surface area (Å²) in [6.45, 7) is 6.78. The van der Waals surface area contributed by atoms with Crippen LogP contribution in [0.25, 0.3) is 5.78 Å². The van der Waals surface area contributed by atoms with Gasteiger partial charge in [-0.2, -0.15) is 0 Å². The van der Waals surface area contributed by atoms with E-state index >= 15 is 0 Å². The van der Waals surface area contributed by atoms with Gasteiger partial charge in [-0.05, 0) is 20.8 Å². The van der Waals surface area contributed by atoms with Crippen molar-refractivity contribution in [3.05, 3.63) is 17.5 Å². The van der Waals surface area contributed by atoms with Gasteiger partial charge >= 0.3 is 5.78 Å². The molecule has 2 aromatic heterocycles. The molecule has 0 saturated carbocycles. The predicted octanol–water partition coefficient (Wildman–Crippen LogP) is -4.71. The Kier molecular flexibility index (Phi) is 4.48. The summed E-state index contributed by atoms with van der Waals surface area (Å²) in [5.74, 6) is 0.806. The first-order valence-electron chi connectivity index (χ1n) is 4.94. The van der Waals surface area contributed by atoms with E-state index in [9.17, 15) is 0 Å². The molecular weight excluding hydrogens is 266 g/mol. The fraction of sp³-hybridized carbons (Fsp3) is 0.500. The number of nitrogens with zero attached hydrogens (tertiary/aromatic N) is 5. The predicted molar refractivity (Wildman–Crippen MR) is 46.1 cm³/mol. The lowest BCUT2D eigenvalue weighted by atomic mass is 10.4. The van der Waals surface area contributed by atoms with Gasteiger partial charge in [0, 0.05) is 6.07 Å². The van der Waals surface area contributed by atoms with Crippen LogP contribution in [-0.4, -0.2) is 19.9 Å². The fourth-order valence-electron chi connectivity index (χ4n) is 1.37. The minimum Gasteiger partial charge on any atom is -0.222 e. The van der Waals surface area contributed by atoms with Gasteiger partial charge in [0.25, 0.3) is 0 Å². The number of hydrogen-bond donors (Lipinski definition) is 0. The van der Waals surface area contributed by atoms with Crippen LogP contribution < -0.4 is 23.3 Å². The van der Waals surface area contributed by atoms with Gasteiger partial charge in [0.05, 0.1) is 11.8 Å². The molecule has 0 unspecified atom stereocenters. The minimum atomic E-state index is -4.94. The highest BCUT2D eigenvalue weighted by atomic mass is 35.7. The molecule has 18 heavy (non-hydrogen) atoms. The topological polar surface area (TPSA) is 139 Å². The first-order chi connectivity index (χ1) is 8.22. The summed E-state index contributed by atoms with van der Waals surface area (Å²) in [7, 11) is -4.94. The average molecular weight is 278 g/mol. The summed E-state index contributed by atoms with van der Waals surface area (Å²) in [6, 6.07) is 1.99. The van der Waals surface area contributed by atoms with Gasteiger partial charge in [-0.25, -0.2) is 18.6 Å². The van der Waals surface area contributed by atoms with E-state index < -0.39 is 10.2 Å². The molecule has 0 radical (unpaired) electrons. The van der Waals surface area contributed by atoms with Gasteiger partial charge in [0.2, 0.25) is 0 Å². The lowest BCUT2D eigenvalue weighted by Crippen LogP contribution is -2.68. The molecule has 0 bridgehead atoms. The van der Waals surface area contributed by atoms with Gasteiger partial charge in [-0.3, -0.25) is 0 Å². The molecule has 2 aromatic rings. The molecule has 100 valence electrons. The first-order valence-corrected chi connectivity index (χ1v) is 6.17. The van der Waals surface area contributed by atoms with E-state index in [1.807, 2.05) is 26.8 Å². The second-order valence-electron chi connectivity index (χ2n) is 3.42. The molecule has 0 aliphatic heterocycles. The zero-order valence-electron chi connectivity index (χ0n) is 10.0. The van der Waals surface area contributed by atoms with Crippen molar-refractivity contribution >= 4 is 5.78 Å². The third kappa shape index (κ3) is 4.13. The molecule has 0 amide bonds. The second kappa shape index (κ2) is 5.50. The van der Waals surface area contributed by atoms with Crippen LogP contribution in [0, 0.1) is 24.1 Å². The van der Waals surface area contributed by atoms with Gasteiger partial charge in [0.15, 0.2) is 0 Å². The molecule has 0 aromatic carbocycles. The Balaban J connectivity index is 0.000000280. The van der Waals surface area contributed by atoms with Crippen LogP contribution in [-0.2, 0) is 6.54 Å². The lowest BCUT2D eigenvalue weighted by molar-refractivity contribution is -2.00. The highest BCUT2D eigenvalue weighted by Gasteiger charge is 2.15. The fourth-order valence-corrected chi connectivity index (χ4v) is 1.37. The summed E-state index contributed by atoms with van der Waals surface area (Å²) >= 11 is 0. The van der Waals surface area contributed by atoms with Crippen LogP contribution in [0.2, 0.25) is 0 Å². The molecule has 9 nitrogen and oxygen atoms in total. The van der Waals surface area contributed by atoms with Crippen molar-refractivity contribution in [1.29, 1.82) is 0 Å². The molecule has 0 atom stereocenters. The highest BCUT2D eigenvalue weighted by Crippen LogP contribution is 2.00. The summed E-state index contributed by atoms with van der Waals surface area (Å²) in [6.07, 6.45) is 0. The van der Waals surface area contributed by atoms with Crippen molar-refractivity contribution in [3.8, 4) is 0 Å². The molecule has 0 aliphatic rings. The standard InChI is InChI=1S/C8H12N5.ClHO4/c1-4-12-8-9-6(2)5-7(3)13(8)11-10-12;2-1(3,4)5/h5H,4H2,1-3H3;(H,2,3,4,5)/q+1;/p-1. The molecule has 2 rings (SSSR count). The van der Waals surface area contributed by atoms with Gasteiger partial charge in [-0.1, -0.05) is 4.52 Å². The first kappa shape index (κ1) is 14.7. The summed E-state index contributed by atoms with van der Waals surface area (Å²) in [4.78, 5) is 4.37. The molecule has 0 spiro atoms. The maximum absolute atomic E-state index is 8.49. The van der Waals surface area contributed by atoms with E-state index in [4.69, 9.17) is 18.6 Å². The van der Waals surface area contributed by atoms with E-state index in [2.05, 4.69) is 15.4 Å². The van der Waals surface area contributed by atoms with Gasteiger partial charge < -0.3 is 0 Å². The van der Waals surface area contributed by atoms with Crippen LogP contribution >= 0.6 is 0 Å². The van der Waals surface area contributed by atoms with Gasteiger partial charge in [-0.15, -0.1) is 19.9 Å². The quantitative estimate of drug-likeness (QED) is 0.477. The number of hydrogen-bond acceptors (Lipinski definition) is 7. The van der Waals surface area contributed by atoms with Crippen molar-refractivity contribution in [2.45, 2.75) is 27.3 Å². The maximum atomic E-state index is 8.49. The largest absolute Gasteiger partial charge is 0.407 e. The molecular formula is C8H12ClN5O4. The summed E-state index contributed by atoms with van der Waals surface area (Å²) in [5, 5.41) is 7.98. The third-order valence-corrected chi connectivity index (χ3v) is 1.99. The van der Waals surface area contributed by atoms with E-state index in [1.165, 1.54) is 0 Å². The van der Waals surface area contributed by atoms with Crippen LogP contribution in [0.4, 0.5) is 0 Å². The van der Waals surface area contributed by atoms with Crippen LogP contribution in [0.3, 0.4) is 0 Å². The SMILES string of the molecule is CC[n+]1nnn2c(C)cc(C)nc21.[O-][Cl+3]([O-])([O-])[O-]. The Morgan fingerprint density at radius 1 is 1.28 bits per heavy atom. The number of halogens is 1. The smallest absolute Gasteiger partial charge is 0.222 e. The summed E-state index contributed by atoms with van der Waals surface area (Å²) < 4.78 is 37.5. The molecule has 10 heteroatoms. The third-order valence-electron chi connectivity index (χ3n) is 1.99. The highest BCUT2D eigenvalue weighted by molar-refractivity contribution is 5.23. The van der Waals surface area contributed by atoms with Gasteiger partial charge in [0.1, 0.15) is 16.6 Å². The minimum absolute atomic E-state index is 0.791. The van der Waals surface area contributed by atoms with E-state index in [-0.39, 0.29) is 0 Å². The normalized spacial score (nSPS) is 11.3. The number of aryl methyl sites for hydroxylation is 3. The number of aromatic nitrogens is 5. The Morgan fingerprint density at radius 2 is 1.83 bits per heavy atom. The van der Waals surface area contributed by atoms with E-state index in [0.717, 1.165) is 23.7 Å². The number of rotatable bonds is 1. The van der Waals surface area contributed by atoms with Crippen LogP contribution in [0.15, 0.2) is 6.07 Å². The molecule has 0 saturated heterocycles. The van der Waals surface area contributed by atoms with E-state index in [0.29, 0.717) is 0 Å². The Morgan fingerprint density at radius 3 is 2.33 bits per heavy atom. The monoisotopic (exact) mass is 277 g/mol. The molecule has 2 heterocycles. The average Bonchev–Trinajstić information content (AvgIpc) is 2.57. The van der Waals surface area contributed by atoms with Crippen LogP contribution in [0.1, 0.15) is 18.3 Å². The Hall–Kier alpha value is -1.39. The van der Waals surface area contributed by atoms with Crippen molar-refractivity contribution < 1.29 is 33.6 Å². The van der Waals surface area contributed by atoms with Crippen molar-refractivity contribution in [2.75, 3.05) is 0 Å². The number of fused-ring (bicyclic) bond motifs is 1. The Bertz CT molecular complexity index is 532. The van der Waals surface area contributed by atoms with Crippen LogP contribution in [0.5, 0.6) is 0 Å². The van der Waals surface area contributed by atoms with Crippen molar-refractivity contribution in [3.63, 3.8) is 0 Å². The zero-order chi connectivity index (χ0) is 13.9. The number of tetrazole rings is 1.